The van der Waals surface area contributed by atoms with Crippen LogP contribution in [0, 0.1) is 5.41 Å². The molecule has 1 aliphatic rings. The first-order valence-electron chi connectivity index (χ1n) is 6.28. The molecule has 1 unspecified atom stereocenters. The van der Waals surface area contributed by atoms with Crippen molar-refractivity contribution in [3.63, 3.8) is 0 Å². The first-order chi connectivity index (χ1) is 8.69. The van der Waals surface area contributed by atoms with Crippen molar-refractivity contribution in [3.05, 3.63) is 23.8 Å². The maximum absolute atomic E-state index is 12.5. The highest BCUT2D eigenvalue weighted by atomic mass is 32.2. The normalized spacial score (nSPS) is 28.3. The number of rotatable bonds is 1. The number of ether oxygens (including phenoxy) is 1. The molecule has 0 saturated carbocycles. The Morgan fingerprint density at radius 3 is 2.58 bits per heavy atom. The van der Waals surface area contributed by atoms with Crippen LogP contribution in [-0.4, -0.2) is 32.5 Å². The summed E-state index contributed by atoms with van der Waals surface area (Å²) in [6.45, 7) is 5.43. The third-order valence-corrected chi connectivity index (χ3v) is 6.03. The first kappa shape index (κ1) is 14.3. The molecule has 4 nitrogen and oxygen atoms in total. The van der Waals surface area contributed by atoms with Crippen molar-refractivity contribution in [1.82, 2.24) is 0 Å². The van der Waals surface area contributed by atoms with Gasteiger partial charge in [-0.05, 0) is 17.7 Å². The van der Waals surface area contributed by atoms with Crippen LogP contribution in [0.3, 0.4) is 0 Å². The molecule has 0 spiro atoms. The first-order valence-corrected chi connectivity index (χ1v) is 7.93. The molecule has 0 bridgehead atoms. The Morgan fingerprint density at radius 1 is 1.37 bits per heavy atom. The van der Waals surface area contributed by atoms with Gasteiger partial charge in [-0.15, -0.1) is 0 Å². The molecular formula is C14H20O4S. The predicted octanol–water partition coefficient (Wildman–Crippen LogP) is 1.97. The van der Waals surface area contributed by atoms with Crippen LogP contribution >= 0.6 is 0 Å². The van der Waals surface area contributed by atoms with Crippen LogP contribution in [0.5, 0.6) is 5.75 Å². The number of methoxy groups -OCH3 is 1. The summed E-state index contributed by atoms with van der Waals surface area (Å²) < 4.78 is 30.1. The molecule has 19 heavy (non-hydrogen) atoms. The minimum absolute atomic E-state index is 0.0638. The lowest BCUT2D eigenvalue weighted by molar-refractivity contribution is 0.0465. The van der Waals surface area contributed by atoms with Gasteiger partial charge < -0.3 is 9.84 Å². The summed E-state index contributed by atoms with van der Waals surface area (Å²) in [6.07, 6.45) is -0.697. The van der Waals surface area contributed by atoms with E-state index in [2.05, 4.69) is 0 Å². The quantitative estimate of drug-likeness (QED) is 0.856. The standard InChI is InChI=1S/C14H20O4S/c1-9-11-6-5-10(18-4)7-12(11)19(16,17)8-14(2,3)13(9)15/h5-7,9,13,15H,8H2,1-4H3/t9-,13?/m1/s1. The zero-order chi connectivity index (χ0) is 14.4. The fourth-order valence-corrected chi connectivity index (χ4v) is 5.00. The molecule has 2 rings (SSSR count). The summed E-state index contributed by atoms with van der Waals surface area (Å²) in [4.78, 5) is 0.281. The summed E-state index contributed by atoms with van der Waals surface area (Å²) in [5, 5.41) is 10.4. The van der Waals surface area contributed by atoms with Gasteiger partial charge in [-0.1, -0.05) is 26.8 Å². The molecule has 0 radical (unpaired) electrons. The van der Waals surface area contributed by atoms with Crippen LogP contribution in [0.2, 0.25) is 0 Å². The summed E-state index contributed by atoms with van der Waals surface area (Å²) in [6, 6.07) is 5.02. The minimum atomic E-state index is -3.42. The second kappa shape index (κ2) is 4.49. The molecule has 0 fully saturated rings. The van der Waals surface area contributed by atoms with E-state index in [4.69, 9.17) is 4.74 Å². The SMILES string of the molecule is COc1ccc2c(c1)S(=O)(=O)CC(C)(C)C(O)[C@@H]2C. The van der Waals surface area contributed by atoms with Crippen LogP contribution in [0.15, 0.2) is 23.1 Å². The molecule has 106 valence electrons. The zero-order valence-corrected chi connectivity index (χ0v) is 12.5. The third kappa shape index (κ3) is 2.37. The van der Waals surface area contributed by atoms with Crippen molar-refractivity contribution in [2.45, 2.75) is 37.7 Å². The van der Waals surface area contributed by atoms with Gasteiger partial charge >= 0.3 is 0 Å². The highest BCUT2D eigenvalue weighted by Crippen LogP contribution is 2.41. The van der Waals surface area contributed by atoms with Gasteiger partial charge in [0, 0.05) is 11.3 Å². The van der Waals surface area contributed by atoms with E-state index in [1.165, 1.54) is 7.11 Å². The highest BCUT2D eigenvalue weighted by molar-refractivity contribution is 7.91. The lowest BCUT2D eigenvalue weighted by Crippen LogP contribution is -2.36. The molecule has 1 aromatic carbocycles. The number of benzene rings is 1. The zero-order valence-electron chi connectivity index (χ0n) is 11.7. The Morgan fingerprint density at radius 2 is 2.00 bits per heavy atom. The van der Waals surface area contributed by atoms with Gasteiger partial charge in [0.15, 0.2) is 9.84 Å². The van der Waals surface area contributed by atoms with E-state index in [1.807, 2.05) is 6.92 Å². The molecule has 0 aromatic heterocycles. The Kier molecular flexibility index (Phi) is 3.39. The lowest BCUT2D eigenvalue weighted by atomic mass is 9.79. The summed E-state index contributed by atoms with van der Waals surface area (Å²) >= 11 is 0. The predicted molar refractivity (Wildman–Crippen MR) is 73.2 cm³/mol. The second-order valence-electron chi connectivity index (χ2n) is 5.88. The number of fused-ring (bicyclic) bond motifs is 1. The van der Waals surface area contributed by atoms with Gasteiger partial charge in [0.2, 0.25) is 0 Å². The van der Waals surface area contributed by atoms with Crippen LogP contribution in [0.25, 0.3) is 0 Å². The Hall–Kier alpha value is -1.07. The van der Waals surface area contributed by atoms with Gasteiger partial charge in [-0.25, -0.2) is 8.42 Å². The van der Waals surface area contributed by atoms with Gasteiger partial charge in [0.1, 0.15) is 5.75 Å². The van der Waals surface area contributed by atoms with Crippen molar-refractivity contribution >= 4 is 9.84 Å². The van der Waals surface area contributed by atoms with Crippen molar-refractivity contribution in [2.75, 3.05) is 12.9 Å². The number of hydrogen-bond acceptors (Lipinski definition) is 4. The topological polar surface area (TPSA) is 63.6 Å². The number of aliphatic hydroxyl groups excluding tert-OH is 1. The second-order valence-corrected chi connectivity index (χ2v) is 7.84. The van der Waals surface area contributed by atoms with E-state index in [1.54, 1.807) is 32.0 Å². The molecule has 1 heterocycles. The van der Waals surface area contributed by atoms with E-state index in [9.17, 15) is 13.5 Å². The van der Waals surface area contributed by atoms with Crippen LogP contribution in [0.1, 0.15) is 32.3 Å². The fraction of sp³-hybridized carbons (Fsp3) is 0.571. The highest BCUT2D eigenvalue weighted by Gasteiger charge is 2.42. The Bertz CT molecular complexity index is 589. The number of hydrogen-bond donors (Lipinski definition) is 1. The molecule has 1 N–H and O–H groups in total. The van der Waals surface area contributed by atoms with Crippen molar-refractivity contribution in [1.29, 1.82) is 0 Å². The maximum atomic E-state index is 12.5. The number of aliphatic hydroxyl groups is 1. The average Bonchev–Trinajstić information content (AvgIpc) is 2.38. The summed E-state index contributed by atoms with van der Waals surface area (Å²) in [5.74, 6) is 0.225. The van der Waals surface area contributed by atoms with Crippen molar-refractivity contribution < 1.29 is 18.3 Å². The van der Waals surface area contributed by atoms with Gasteiger partial charge in [0.05, 0.1) is 23.9 Å². The summed E-state index contributed by atoms with van der Waals surface area (Å²) in [7, 11) is -1.92. The van der Waals surface area contributed by atoms with Gasteiger partial charge in [-0.3, -0.25) is 0 Å². The molecular weight excluding hydrogens is 264 g/mol. The fourth-order valence-electron chi connectivity index (χ4n) is 2.79. The van der Waals surface area contributed by atoms with E-state index in [0.29, 0.717) is 11.3 Å². The molecule has 0 amide bonds. The molecule has 1 aliphatic heterocycles. The van der Waals surface area contributed by atoms with E-state index in [0.717, 1.165) is 0 Å². The van der Waals surface area contributed by atoms with Crippen LogP contribution < -0.4 is 4.74 Å². The monoisotopic (exact) mass is 284 g/mol. The molecule has 0 aliphatic carbocycles. The molecule has 0 saturated heterocycles. The van der Waals surface area contributed by atoms with Crippen molar-refractivity contribution in [2.24, 2.45) is 5.41 Å². The molecule has 2 atom stereocenters. The Balaban J connectivity index is 2.70. The molecule has 5 heteroatoms. The Labute approximate surface area is 114 Å². The van der Waals surface area contributed by atoms with Crippen LogP contribution in [0.4, 0.5) is 0 Å². The maximum Gasteiger partial charge on any atom is 0.179 e. The van der Waals surface area contributed by atoms with E-state index < -0.39 is 21.4 Å². The van der Waals surface area contributed by atoms with E-state index in [-0.39, 0.29) is 16.6 Å². The van der Waals surface area contributed by atoms with Crippen molar-refractivity contribution in [3.8, 4) is 5.75 Å². The smallest absolute Gasteiger partial charge is 0.179 e. The lowest BCUT2D eigenvalue weighted by Gasteiger charge is -2.31. The van der Waals surface area contributed by atoms with Gasteiger partial charge in [0.25, 0.3) is 0 Å². The van der Waals surface area contributed by atoms with Crippen LogP contribution in [-0.2, 0) is 9.84 Å². The van der Waals surface area contributed by atoms with Gasteiger partial charge in [-0.2, -0.15) is 0 Å². The molecule has 1 aromatic rings. The largest absolute Gasteiger partial charge is 0.497 e. The number of sulfone groups is 1. The third-order valence-electron chi connectivity index (χ3n) is 3.88. The van der Waals surface area contributed by atoms with E-state index >= 15 is 0 Å². The average molecular weight is 284 g/mol. The minimum Gasteiger partial charge on any atom is -0.497 e. The summed E-state index contributed by atoms with van der Waals surface area (Å²) in [5.41, 5.74) is -0.0105.